The van der Waals surface area contributed by atoms with Gasteiger partial charge in [-0.25, -0.2) is 8.42 Å². The van der Waals surface area contributed by atoms with Crippen molar-refractivity contribution >= 4 is 27.5 Å². The molecule has 0 radical (unpaired) electrons. The van der Waals surface area contributed by atoms with E-state index < -0.39 is 20.7 Å². The quantitative estimate of drug-likeness (QED) is 0.390. The lowest BCUT2D eigenvalue weighted by atomic mass is 9.72. The molecule has 1 saturated carbocycles. The zero-order valence-corrected chi connectivity index (χ0v) is 17.8. The topological polar surface area (TPSA) is 95.7 Å². The number of sulfonamides is 1. The Hall–Kier alpha value is -1.19. The molecule has 1 heterocycles. The lowest BCUT2D eigenvalue weighted by molar-refractivity contribution is -0.0440. The first-order valence-corrected chi connectivity index (χ1v) is 11.8. The fourth-order valence-corrected chi connectivity index (χ4v) is 6.03. The van der Waals surface area contributed by atoms with Crippen LogP contribution in [0.4, 0.5) is 0 Å². The number of alkyl halides is 1. The van der Waals surface area contributed by atoms with Gasteiger partial charge in [-0.15, -0.1) is 0 Å². The molecule has 1 aromatic rings. The van der Waals surface area contributed by atoms with Gasteiger partial charge in [-0.1, -0.05) is 36.7 Å². The second-order valence-corrected chi connectivity index (χ2v) is 10.3. The van der Waals surface area contributed by atoms with Crippen molar-refractivity contribution in [2.75, 3.05) is 31.9 Å². The number of nitrogens with zero attached hydrogens (tertiary/aromatic N) is 2. The molecule has 1 amide bonds. The average molecular weight is 429 g/mol. The van der Waals surface area contributed by atoms with Gasteiger partial charge in [0.15, 0.2) is 5.12 Å². The maximum Gasteiger partial charge on any atom is 0.253 e. The SMILES string of the molecule is CCCS(=O)(=O)N1CCN(C2(C(N)(Cl)NC(=O)c3ccccc3)CCC2)CC1. The van der Waals surface area contributed by atoms with E-state index >= 15 is 0 Å². The highest BCUT2D eigenvalue weighted by molar-refractivity contribution is 7.89. The van der Waals surface area contributed by atoms with Crippen LogP contribution in [0.25, 0.3) is 0 Å². The van der Waals surface area contributed by atoms with Crippen molar-refractivity contribution in [2.45, 2.75) is 43.3 Å². The van der Waals surface area contributed by atoms with E-state index in [0.717, 1.165) is 19.3 Å². The van der Waals surface area contributed by atoms with Crippen molar-refractivity contribution in [3.63, 3.8) is 0 Å². The molecule has 0 spiro atoms. The number of nitrogens with two attached hydrogens (primary N) is 1. The van der Waals surface area contributed by atoms with Gasteiger partial charge in [-0.3, -0.25) is 15.4 Å². The minimum absolute atomic E-state index is 0.168. The second kappa shape index (κ2) is 8.28. The molecule has 1 unspecified atom stereocenters. The first-order valence-electron chi connectivity index (χ1n) is 9.80. The predicted molar refractivity (Wildman–Crippen MR) is 110 cm³/mol. The molecule has 1 aliphatic heterocycles. The molecule has 0 aromatic heterocycles. The smallest absolute Gasteiger partial charge is 0.253 e. The fraction of sp³-hybridized carbons (Fsp3) is 0.632. The number of amides is 1. The highest BCUT2D eigenvalue weighted by atomic mass is 35.5. The van der Waals surface area contributed by atoms with E-state index in [1.807, 2.05) is 13.0 Å². The molecule has 0 bridgehead atoms. The Morgan fingerprint density at radius 2 is 1.82 bits per heavy atom. The van der Waals surface area contributed by atoms with Crippen LogP contribution in [0.1, 0.15) is 43.0 Å². The number of carbonyl (C=O) groups is 1. The zero-order valence-electron chi connectivity index (χ0n) is 16.2. The van der Waals surface area contributed by atoms with Crippen LogP contribution in [0, 0.1) is 0 Å². The van der Waals surface area contributed by atoms with E-state index in [9.17, 15) is 13.2 Å². The Bertz CT molecular complexity index is 789. The van der Waals surface area contributed by atoms with E-state index in [2.05, 4.69) is 10.2 Å². The summed E-state index contributed by atoms with van der Waals surface area (Å²) in [6.07, 6.45) is 3.11. The average Bonchev–Trinajstić information content (AvgIpc) is 2.61. The van der Waals surface area contributed by atoms with Crippen LogP contribution in [0.3, 0.4) is 0 Å². The predicted octanol–water partition coefficient (Wildman–Crippen LogP) is 1.55. The highest BCUT2D eigenvalue weighted by Crippen LogP contribution is 2.46. The van der Waals surface area contributed by atoms with E-state index in [1.165, 1.54) is 0 Å². The van der Waals surface area contributed by atoms with Gasteiger partial charge in [0.25, 0.3) is 5.91 Å². The van der Waals surface area contributed by atoms with Gasteiger partial charge in [-0.05, 0) is 37.8 Å². The third-order valence-electron chi connectivity index (χ3n) is 5.89. The largest absolute Gasteiger partial charge is 0.320 e. The van der Waals surface area contributed by atoms with Gasteiger partial charge >= 0.3 is 0 Å². The number of piperazine rings is 1. The maximum absolute atomic E-state index is 12.6. The summed E-state index contributed by atoms with van der Waals surface area (Å²) in [6.45, 7) is 3.81. The number of carbonyl (C=O) groups excluding carboxylic acids is 1. The van der Waals surface area contributed by atoms with Crippen LogP contribution in [0.2, 0.25) is 0 Å². The molecule has 7 nitrogen and oxygen atoms in total. The molecule has 2 aliphatic rings. The van der Waals surface area contributed by atoms with Gasteiger partial charge in [0, 0.05) is 31.7 Å². The van der Waals surface area contributed by atoms with Crippen LogP contribution in [0.5, 0.6) is 0 Å². The molecule has 2 fully saturated rings. The summed E-state index contributed by atoms with van der Waals surface area (Å²) in [6, 6.07) is 8.85. The Kier molecular flexibility index (Phi) is 6.36. The summed E-state index contributed by atoms with van der Waals surface area (Å²) in [7, 11) is -3.21. The molecule has 1 saturated heterocycles. The Morgan fingerprint density at radius 1 is 1.21 bits per heavy atom. The van der Waals surface area contributed by atoms with E-state index in [0.29, 0.717) is 38.2 Å². The van der Waals surface area contributed by atoms with E-state index in [-0.39, 0.29) is 11.7 Å². The number of hydrogen-bond acceptors (Lipinski definition) is 5. The lowest BCUT2D eigenvalue weighted by Gasteiger charge is -2.58. The van der Waals surface area contributed by atoms with E-state index in [1.54, 1.807) is 28.6 Å². The zero-order chi connectivity index (χ0) is 20.4. The fourth-order valence-electron chi connectivity index (χ4n) is 4.15. The second-order valence-electron chi connectivity index (χ2n) is 7.62. The van der Waals surface area contributed by atoms with Crippen molar-refractivity contribution in [3.8, 4) is 0 Å². The summed E-state index contributed by atoms with van der Waals surface area (Å²) in [5.41, 5.74) is 6.39. The van der Waals surface area contributed by atoms with Crippen LogP contribution < -0.4 is 11.1 Å². The molecule has 1 aromatic carbocycles. The van der Waals surface area contributed by atoms with Crippen LogP contribution >= 0.6 is 11.6 Å². The first kappa shape index (κ1) is 21.5. The van der Waals surface area contributed by atoms with Crippen molar-refractivity contribution < 1.29 is 13.2 Å². The minimum atomic E-state index is -3.21. The van der Waals surface area contributed by atoms with Crippen molar-refractivity contribution in [3.05, 3.63) is 35.9 Å². The Balaban J connectivity index is 1.70. The standard InChI is InChI=1S/C19H29ClN4O3S/c1-2-15-28(26,27)24-13-11-23(12-14-24)18(9-6-10-18)19(20,21)22-17(25)16-7-4-3-5-8-16/h3-5,7-8H,2,6,9-15,21H2,1H3,(H,22,25). The molecular formula is C19H29ClN4O3S. The van der Waals surface area contributed by atoms with Crippen molar-refractivity contribution in [1.82, 2.24) is 14.5 Å². The van der Waals surface area contributed by atoms with Crippen LogP contribution in [0.15, 0.2) is 30.3 Å². The summed E-state index contributed by atoms with van der Waals surface area (Å²) >= 11 is 6.72. The van der Waals surface area contributed by atoms with Crippen molar-refractivity contribution in [2.24, 2.45) is 5.73 Å². The number of benzene rings is 1. The van der Waals surface area contributed by atoms with Crippen LogP contribution in [-0.4, -0.2) is 66.1 Å². The van der Waals surface area contributed by atoms with E-state index in [4.69, 9.17) is 17.3 Å². The third kappa shape index (κ3) is 4.07. The summed E-state index contributed by atoms with van der Waals surface area (Å²) in [4.78, 5) is 14.8. The summed E-state index contributed by atoms with van der Waals surface area (Å²) in [5, 5.41) is 1.38. The third-order valence-corrected chi connectivity index (χ3v) is 8.41. The normalized spacial score (nSPS) is 22.8. The van der Waals surface area contributed by atoms with Gasteiger partial charge in [-0.2, -0.15) is 4.31 Å². The van der Waals surface area contributed by atoms with Gasteiger partial charge < -0.3 is 5.32 Å². The molecule has 28 heavy (non-hydrogen) atoms. The number of nitrogens with one attached hydrogen (secondary N) is 1. The molecule has 3 rings (SSSR count). The molecular weight excluding hydrogens is 400 g/mol. The lowest BCUT2D eigenvalue weighted by Crippen LogP contribution is -2.77. The molecule has 1 atom stereocenters. The summed E-state index contributed by atoms with van der Waals surface area (Å²) in [5.74, 6) is -0.143. The first-order chi connectivity index (χ1) is 13.2. The highest BCUT2D eigenvalue weighted by Gasteiger charge is 2.57. The number of halogens is 1. The number of rotatable bonds is 7. The Labute approximate surface area is 172 Å². The summed E-state index contributed by atoms with van der Waals surface area (Å²) < 4.78 is 26.2. The van der Waals surface area contributed by atoms with Gasteiger partial charge in [0.2, 0.25) is 10.0 Å². The monoisotopic (exact) mass is 428 g/mol. The minimum Gasteiger partial charge on any atom is -0.320 e. The van der Waals surface area contributed by atoms with Crippen molar-refractivity contribution in [1.29, 1.82) is 0 Å². The molecule has 9 heteroatoms. The van der Waals surface area contributed by atoms with Gasteiger partial charge in [0.1, 0.15) is 0 Å². The van der Waals surface area contributed by atoms with Gasteiger partial charge in [0.05, 0.1) is 11.3 Å². The maximum atomic E-state index is 12.6. The molecule has 3 N–H and O–H groups in total. The Morgan fingerprint density at radius 3 is 2.32 bits per heavy atom. The number of hydrogen-bond donors (Lipinski definition) is 2. The molecule has 156 valence electrons. The van der Waals surface area contributed by atoms with Crippen LogP contribution in [-0.2, 0) is 10.0 Å². The molecule has 1 aliphatic carbocycles.